The quantitative estimate of drug-likeness (QED) is 0.905. The minimum absolute atomic E-state index is 0.226. The van der Waals surface area contributed by atoms with Crippen LogP contribution in [-0.4, -0.2) is 55.3 Å². The van der Waals surface area contributed by atoms with E-state index < -0.39 is 12.0 Å². The summed E-state index contributed by atoms with van der Waals surface area (Å²) in [5, 5.41) is 9.00. The average Bonchev–Trinajstić information content (AvgIpc) is 2.47. The Morgan fingerprint density at radius 3 is 2.55 bits per heavy atom. The molecule has 0 saturated carbocycles. The SMILES string of the molecule is COc1cc(N2CCN(C(C)C(=O)O)CC2)ccc1F. The summed E-state index contributed by atoms with van der Waals surface area (Å²) in [4.78, 5) is 15.0. The lowest BCUT2D eigenvalue weighted by Gasteiger charge is -2.37. The van der Waals surface area contributed by atoms with Gasteiger partial charge in [0.2, 0.25) is 0 Å². The largest absolute Gasteiger partial charge is 0.494 e. The summed E-state index contributed by atoms with van der Waals surface area (Å²) in [6.45, 7) is 4.47. The number of carboxylic acids is 1. The molecule has 1 aromatic rings. The van der Waals surface area contributed by atoms with Crippen LogP contribution >= 0.6 is 0 Å². The fourth-order valence-electron chi connectivity index (χ4n) is 2.37. The summed E-state index contributed by atoms with van der Waals surface area (Å²) in [5.41, 5.74) is 0.894. The van der Waals surface area contributed by atoms with Crippen molar-refractivity contribution in [3.05, 3.63) is 24.0 Å². The van der Waals surface area contributed by atoms with E-state index in [0.717, 1.165) is 5.69 Å². The number of hydrogen-bond acceptors (Lipinski definition) is 4. The van der Waals surface area contributed by atoms with Crippen molar-refractivity contribution in [2.24, 2.45) is 0 Å². The van der Waals surface area contributed by atoms with Gasteiger partial charge in [-0.1, -0.05) is 0 Å². The Labute approximate surface area is 117 Å². The van der Waals surface area contributed by atoms with E-state index in [0.29, 0.717) is 26.2 Å². The van der Waals surface area contributed by atoms with Crippen LogP contribution in [0.3, 0.4) is 0 Å². The van der Waals surface area contributed by atoms with Crippen molar-refractivity contribution >= 4 is 11.7 Å². The second-order valence-corrected chi connectivity index (χ2v) is 4.86. The molecule has 1 saturated heterocycles. The zero-order valence-corrected chi connectivity index (χ0v) is 11.7. The van der Waals surface area contributed by atoms with Gasteiger partial charge in [-0.25, -0.2) is 4.39 Å². The van der Waals surface area contributed by atoms with Crippen LogP contribution in [0.2, 0.25) is 0 Å². The van der Waals surface area contributed by atoms with Crippen LogP contribution < -0.4 is 9.64 Å². The highest BCUT2D eigenvalue weighted by atomic mass is 19.1. The molecule has 1 unspecified atom stereocenters. The maximum atomic E-state index is 13.4. The molecule has 110 valence electrons. The molecule has 1 heterocycles. The van der Waals surface area contributed by atoms with Gasteiger partial charge in [0.05, 0.1) is 7.11 Å². The van der Waals surface area contributed by atoms with Crippen LogP contribution in [0.5, 0.6) is 5.75 Å². The van der Waals surface area contributed by atoms with E-state index in [2.05, 4.69) is 4.90 Å². The molecule has 1 aromatic carbocycles. The normalized spacial score (nSPS) is 17.9. The Balaban J connectivity index is 2.02. The Bertz CT molecular complexity index is 487. The number of anilines is 1. The van der Waals surface area contributed by atoms with Crippen LogP contribution in [0, 0.1) is 5.82 Å². The molecular weight excluding hydrogens is 263 g/mol. The van der Waals surface area contributed by atoms with Gasteiger partial charge in [-0.3, -0.25) is 9.69 Å². The lowest BCUT2D eigenvalue weighted by molar-refractivity contribution is -0.142. The van der Waals surface area contributed by atoms with E-state index in [-0.39, 0.29) is 11.6 Å². The maximum absolute atomic E-state index is 13.4. The van der Waals surface area contributed by atoms with Gasteiger partial charge in [0.25, 0.3) is 0 Å². The molecule has 1 atom stereocenters. The molecule has 1 N–H and O–H groups in total. The molecule has 1 fully saturated rings. The van der Waals surface area contributed by atoms with Gasteiger partial charge in [0.1, 0.15) is 6.04 Å². The average molecular weight is 282 g/mol. The van der Waals surface area contributed by atoms with E-state index in [1.165, 1.54) is 13.2 Å². The third kappa shape index (κ3) is 3.01. The van der Waals surface area contributed by atoms with E-state index in [4.69, 9.17) is 9.84 Å². The fourth-order valence-corrected chi connectivity index (χ4v) is 2.37. The Hall–Kier alpha value is -1.82. The van der Waals surface area contributed by atoms with Gasteiger partial charge < -0.3 is 14.7 Å². The molecule has 5 nitrogen and oxygen atoms in total. The molecule has 0 amide bonds. The van der Waals surface area contributed by atoms with E-state index in [9.17, 15) is 9.18 Å². The Kier molecular flexibility index (Phi) is 4.44. The maximum Gasteiger partial charge on any atom is 0.320 e. The zero-order chi connectivity index (χ0) is 14.7. The van der Waals surface area contributed by atoms with Crippen LogP contribution in [-0.2, 0) is 4.79 Å². The standard InChI is InChI=1S/C14H19FN2O3/c1-10(14(18)19)16-5-7-17(8-6-16)11-3-4-12(15)13(9-11)20-2/h3-4,9-10H,5-8H2,1-2H3,(H,18,19). The van der Waals surface area contributed by atoms with E-state index in [1.807, 2.05) is 4.90 Å². The van der Waals surface area contributed by atoms with E-state index >= 15 is 0 Å². The van der Waals surface area contributed by atoms with Gasteiger partial charge in [0.15, 0.2) is 11.6 Å². The van der Waals surface area contributed by atoms with Gasteiger partial charge in [-0.15, -0.1) is 0 Å². The molecule has 0 radical (unpaired) electrons. The minimum Gasteiger partial charge on any atom is -0.494 e. The molecule has 0 spiro atoms. The molecule has 2 rings (SSSR count). The second-order valence-electron chi connectivity index (χ2n) is 4.86. The molecule has 1 aliphatic rings. The van der Waals surface area contributed by atoms with Crippen molar-refractivity contribution in [1.29, 1.82) is 0 Å². The first-order valence-corrected chi connectivity index (χ1v) is 6.58. The summed E-state index contributed by atoms with van der Waals surface area (Å²) >= 11 is 0. The number of nitrogens with zero attached hydrogens (tertiary/aromatic N) is 2. The Morgan fingerprint density at radius 1 is 1.35 bits per heavy atom. The third-order valence-electron chi connectivity index (χ3n) is 3.72. The predicted octanol–water partition coefficient (Wildman–Crippen LogP) is 1.43. The number of piperazine rings is 1. The van der Waals surface area contributed by atoms with Crippen molar-refractivity contribution in [2.75, 3.05) is 38.2 Å². The summed E-state index contributed by atoms with van der Waals surface area (Å²) in [7, 11) is 1.44. The van der Waals surface area contributed by atoms with E-state index in [1.54, 1.807) is 19.1 Å². The molecule has 0 aromatic heterocycles. The van der Waals surface area contributed by atoms with Crippen LogP contribution in [0.4, 0.5) is 10.1 Å². The monoisotopic (exact) mass is 282 g/mol. The number of hydrogen-bond donors (Lipinski definition) is 1. The van der Waals surface area contributed by atoms with Crippen molar-refractivity contribution < 1.29 is 19.0 Å². The highest BCUT2D eigenvalue weighted by Crippen LogP contribution is 2.25. The van der Waals surface area contributed by atoms with Gasteiger partial charge in [-0.05, 0) is 19.1 Å². The molecule has 6 heteroatoms. The van der Waals surface area contributed by atoms with Crippen molar-refractivity contribution in [3.8, 4) is 5.75 Å². The lowest BCUT2D eigenvalue weighted by Crippen LogP contribution is -2.51. The number of halogens is 1. The van der Waals surface area contributed by atoms with Gasteiger partial charge in [-0.2, -0.15) is 0 Å². The smallest absolute Gasteiger partial charge is 0.320 e. The van der Waals surface area contributed by atoms with Crippen LogP contribution in [0.15, 0.2) is 18.2 Å². The van der Waals surface area contributed by atoms with Crippen molar-refractivity contribution in [2.45, 2.75) is 13.0 Å². The first-order valence-electron chi connectivity index (χ1n) is 6.58. The Morgan fingerprint density at radius 2 is 2.00 bits per heavy atom. The number of carboxylic acid groups (broad SMARTS) is 1. The predicted molar refractivity (Wildman–Crippen MR) is 73.8 cm³/mol. The first-order chi connectivity index (χ1) is 9.52. The van der Waals surface area contributed by atoms with Gasteiger partial charge in [0, 0.05) is 37.9 Å². The molecule has 1 aliphatic heterocycles. The highest BCUT2D eigenvalue weighted by molar-refractivity contribution is 5.73. The summed E-state index contributed by atoms with van der Waals surface area (Å²) in [6, 6.07) is 4.31. The zero-order valence-electron chi connectivity index (χ0n) is 11.7. The number of benzene rings is 1. The van der Waals surface area contributed by atoms with Crippen molar-refractivity contribution in [1.82, 2.24) is 4.90 Å². The number of ether oxygens (including phenoxy) is 1. The number of aliphatic carboxylic acids is 1. The lowest BCUT2D eigenvalue weighted by atomic mass is 10.2. The summed E-state index contributed by atoms with van der Waals surface area (Å²) < 4.78 is 18.4. The third-order valence-corrected chi connectivity index (χ3v) is 3.72. The number of methoxy groups -OCH3 is 1. The summed E-state index contributed by atoms with van der Waals surface area (Å²) in [6.07, 6.45) is 0. The molecule has 0 bridgehead atoms. The minimum atomic E-state index is -0.804. The first kappa shape index (κ1) is 14.6. The molecular formula is C14H19FN2O3. The topological polar surface area (TPSA) is 53.0 Å². The van der Waals surface area contributed by atoms with Gasteiger partial charge >= 0.3 is 5.97 Å². The fraction of sp³-hybridized carbons (Fsp3) is 0.500. The number of carbonyl (C=O) groups is 1. The number of rotatable bonds is 4. The molecule has 0 aliphatic carbocycles. The van der Waals surface area contributed by atoms with Crippen LogP contribution in [0.1, 0.15) is 6.92 Å². The van der Waals surface area contributed by atoms with Crippen LogP contribution in [0.25, 0.3) is 0 Å². The summed E-state index contributed by atoms with van der Waals surface area (Å²) in [5.74, 6) is -0.958. The second kappa shape index (κ2) is 6.09. The highest BCUT2D eigenvalue weighted by Gasteiger charge is 2.25. The molecule has 20 heavy (non-hydrogen) atoms. The van der Waals surface area contributed by atoms with Crippen molar-refractivity contribution in [3.63, 3.8) is 0 Å².